The highest BCUT2D eigenvalue weighted by molar-refractivity contribution is 7.10. The summed E-state index contributed by atoms with van der Waals surface area (Å²) in [5, 5.41) is 24.9. The van der Waals surface area contributed by atoms with Crippen molar-refractivity contribution in [3.05, 3.63) is 73.8 Å². The molecule has 1 N–H and O–H groups in total. The van der Waals surface area contributed by atoms with Gasteiger partial charge in [-0.2, -0.15) is 15.0 Å². The number of methoxy groups -OCH3 is 1. The monoisotopic (exact) mass is 379 g/mol. The zero-order chi connectivity index (χ0) is 19.4. The molecular formula is C19H13N3O4S. The highest BCUT2D eigenvalue weighted by Gasteiger charge is 2.22. The minimum absolute atomic E-state index is 0.0328. The number of aromatic carboxylic acids is 1. The molecule has 0 spiro atoms. The molecule has 0 saturated heterocycles. The second-order valence-corrected chi connectivity index (χ2v) is 6.27. The summed E-state index contributed by atoms with van der Waals surface area (Å²) in [5.74, 6) is -1.02. The van der Waals surface area contributed by atoms with E-state index in [9.17, 15) is 20.0 Å². The Bertz CT molecular complexity index is 1120. The number of aromatic nitrogens is 2. The number of carbonyl (C=O) groups is 1. The topological polar surface area (TPSA) is 105 Å². The SMILES string of the molecule is COc1ccccc1-n1nc(C(=O)O)c(/C=C/c2cccs2)c(C#N)c1=O. The van der Waals surface area contributed by atoms with Gasteiger partial charge in [0.2, 0.25) is 0 Å². The van der Waals surface area contributed by atoms with E-state index in [1.54, 1.807) is 30.3 Å². The smallest absolute Gasteiger partial charge is 0.357 e. The van der Waals surface area contributed by atoms with Crippen molar-refractivity contribution >= 4 is 29.5 Å². The number of nitriles is 1. The van der Waals surface area contributed by atoms with Crippen LogP contribution in [0, 0.1) is 11.3 Å². The normalized spacial score (nSPS) is 10.7. The fourth-order valence-corrected chi connectivity index (χ4v) is 3.10. The van der Waals surface area contributed by atoms with Gasteiger partial charge in [-0.05, 0) is 35.7 Å². The summed E-state index contributed by atoms with van der Waals surface area (Å²) in [7, 11) is 1.42. The standard InChI is InChI=1S/C19H13N3O4S/c1-26-16-7-3-2-6-15(16)22-18(23)14(11-20)13(17(21-22)19(24)25)9-8-12-5-4-10-27-12/h2-10H,1H3,(H,24,25)/b9-8+. The third kappa shape index (κ3) is 3.49. The molecule has 0 atom stereocenters. The number of para-hydroxylation sites is 2. The molecule has 0 bridgehead atoms. The first kappa shape index (κ1) is 18.1. The van der Waals surface area contributed by atoms with Crippen LogP contribution in [0.1, 0.15) is 26.5 Å². The summed E-state index contributed by atoms with van der Waals surface area (Å²) >= 11 is 1.44. The summed E-state index contributed by atoms with van der Waals surface area (Å²) in [5.41, 5.74) is -1.21. The maximum Gasteiger partial charge on any atom is 0.357 e. The number of benzene rings is 1. The number of carboxylic acids is 1. The van der Waals surface area contributed by atoms with Crippen LogP contribution in [0.3, 0.4) is 0 Å². The quantitative estimate of drug-likeness (QED) is 0.730. The third-order valence-corrected chi connectivity index (χ3v) is 4.55. The number of nitrogens with zero attached hydrogens (tertiary/aromatic N) is 3. The molecule has 0 amide bonds. The molecule has 1 aromatic carbocycles. The summed E-state index contributed by atoms with van der Waals surface area (Å²) in [6.45, 7) is 0. The van der Waals surface area contributed by atoms with Crippen molar-refractivity contribution in [1.82, 2.24) is 9.78 Å². The molecule has 7 nitrogen and oxygen atoms in total. The van der Waals surface area contributed by atoms with Crippen LogP contribution in [0.2, 0.25) is 0 Å². The van der Waals surface area contributed by atoms with Crippen molar-refractivity contribution in [2.24, 2.45) is 0 Å². The maximum atomic E-state index is 12.8. The summed E-state index contributed by atoms with van der Waals surface area (Å²) in [6.07, 6.45) is 3.07. The molecule has 0 radical (unpaired) electrons. The number of hydrogen-bond donors (Lipinski definition) is 1. The lowest BCUT2D eigenvalue weighted by atomic mass is 10.1. The van der Waals surface area contributed by atoms with Gasteiger partial charge in [-0.1, -0.05) is 18.2 Å². The van der Waals surface area contributed by atoms with E-state index in [1.165, 1.54) is 24.5 Å². The molecule has 27 heavy (non-hydrogen) atoms. The van der Waals surface area contributed by atoms with Crippen LogP contribution >= 0.6 is 11.3 Å². The Morgan fingerprint density at radius 3 is 2.70 bits per heavy atom. The Morgan fingerprint density at radius 1 is 1.30 bits per heavy atom. The Labute approximate surface area is 158 Å². The van der Waals surface area contributed by atoms with Gasteiger partial charge in [-0.25, -0.2) is 4.79 Å². The average molecular weight is 379 g/mol. The fourth-order valence-electron chi connectivity index (χ4n) is 2.49. The largest absolute Gasteiger partial charge is 0.494 e. The van der Waals surface area contributed by atoms with E-state index in [1.807, 2.05) is 23.6 Å². The maximum absolute atomic E-state index is 12.8. The molecule has 0 aliphatic rings. The van der Waals surface area contributed by atoms with E-state index < -0.39 is 17.2 Å². The highest BCUT2D eigenvalue weighted by Crippen LogP contribution is 2.22. The van der Waals surface area contributed by atoms with Gasteiger partial charge in [-0.15, -0.1) is 11.3 Å². The van der Waals surface area contributed by atoms with Crippen LogP contribution < -0.4 is 10.3 Å². The Kier molecular flexibility index (Phi) is 5.15. The Hall–Kier alpha value is -3.70. The van der Waals surface area contributed by atoms with E-state index in [0.717, 1.165) is 9.56 Å². The molecule has 134 valence electrons. The van der Waals surface area contributed by atoms with E-state index in [2.05, 4.69) is 5.10 Å². The lowest BCUT2D eigenvalue weighted by Gasteiger charge is -2.12. The minimum atomic E-state index is -1.35. The van der Waals surface area contributed by atoms with Crippen molar-refractivity contribution in [3.8, 4) is 17.5 Å². The van der Waals surface area contributed by atoms with Crippen molar-refractivity contribution in [3.63, 3.8) is 0 Å². The average Bonchev–Trinajstić information content (AvgIpc) is 3.19. The van der Waals surface area contributed by atoms with Gasteiger partial charge in [0.05, 0.1) is 7.11 Å². The van der Waals surface area contributed by atoms with E-state index in [4.69, 9.17) is 4.74 Å². The molecule has 2 heterocycles. The summed E-state index contributed by atoms with van der Waals surface area (Å²) < 4.78 is 6.09. The first-order valence-electron chi connectivity index (χ1n) is 7.72. The number of carboxylic acid groups (broad SMARTS) is 1. The summed E-state index contributed by atoms with van der Waals surface area (Å²) in [6, 6.07) is 12.0. The number of thiophene rings is 1. The lowest BCUT2D eigenvalue weighted by Crippen LogP contribution is -2.28. The van der Waals surface area contributed by atoms with Crippen LogP contribution in [0.25, 0.3) is 17.8 Å². The molecule has 0 fully saturated rings. The van der Waals surface area contributed by atoms with Crippen molar-refractivity contribution in [1.29, 1.82) is 5.26 Å². The first-order valence-corrected chi connectivity index (χ1v) is 8.60. The predicted molar refractivity (Wildman–Crippen MR) is 101 cm³/mol. The molecule has 8 heteroatoms. The van der Waals surface area contributed by atoms with E-state index in [-0.39, 0.29) is 16.8 Å². The molecule has 3 aromatic rings. The third-order valence-electron chi connectivity index (χ3n) is 3.72. The number of hydrogen-bond acceptors (Lipinski definition) is 6. The van der Waals surface area contributed by atoms with Gasteiger partial charge in [0.1, 0.15) is 23.1 Å². The van der Waals surface area contributed by atoms with Crippen molar-refractivity contribution in [2.45, 2.75) is 0 Å². The van der Waals surface area contributed by atoms with Gasteiger partial charge in [0, 0.05) is 10.4 Å². The van der Waals surface area contributed by atoms with Gasteiger partial charge in [0.25, 0.3) is 5.56 Å². The van der Waals surface area contributed by atoms with Crippen LogP contribution in [0.5, 0.6) is 5.75 Å². The molecule has 0 aliphatic heterocycles. The Balaban J connectivity index is 2.28. The second kappa shape index (κ2) is 7.68. The zero-order valence-corrected chi connectivity index (χ0v) is 14.9. The molecular weight excluding hydrogens is 366 g/mol. The first-order chi connectivity index (χ1) is 13.1. The van der Waals surface area contributed by atoms with Gasteiger partial charge in [0.15, 0.2) is 5.69 Å². The highest BCUT2D eigenvalue weighted by atomic mass is 32.1. The molecule has 0 unspecified atom stereocenters. The van der Waals surface area contributed by atoms with E-state index in [0.29, 0.717) is 5.75 Å². The minimum Gasteiger partial charge on any atom is -0.494 e. The van der Waals surface area contributed by atoms with Crippen LogP contribution in [-0.2, 0) is 0 Å². The molecule has 0 aliphatic carbocycles. The molecule has 3 rings (SSSR count). The Morgan fingerprint density at radius 2 is 2.07 bits per heavy atom. The number of rotatable bonds is 5. The second-order valence-electron chi connectivity index (χ2n) is 5.29. The zero-order valence-electron chi connectivity index (χ0n) is 14.1. The van der Waals surface area contributed by atoms with Crippen LogP contribution in [0.15, 0.2) is 46.6 Å². The van der Waals surface area contributed by atoms with Gasteiger partial charge >= 0.3 is 5.97 Å². The van der Waals surface area contributed by atoms with Gasteiger partial charge in [-0.3, -0.25) is 4.79 Å². The predicted octanol–water partition coefficient (Wildman–Crippen LogP) is 3.04. The molecule has 0 saturated carbocycles. The summed E-state index contributed by atoms with van der Waals surface area (Å²) in [4.78, 5) is 25.4. The van der Waals surface area contributed by atoms with Crippen LogP contribution in [0.4, 0.5) is 0 Å². The van der Waals surface area contributed by atoms with Crippen molar-refractivity contribution in [2.75, 3.05) is 7.11 Å². The lowest BCUT2D eigenvalue weighted by molar-refractivity contribution is 0.0688. The number of ether oxygens (including phenoxy) is 1. The van der Waals surface area contributed by atoms with E-state index >= 15 is 0 Å². The fraction of sp³-hybridized carbons (Fsp3) is 0.0526. The van der Waals surface area contributed by atoms with Crippen molar-refractivity contribution < 1.29 is 14.6 Å². The molecule has 2 aromatic heterocycles. The van der Waals surface area contributed by atoms with Crippen LogP contribution in [-0.4, -0.2) is 28.0 Å². The van der Waals surface area contributed by atoms with Gasteiger partial charge < -0.3 is 9.84 Å².